The van der Waals surface area contributed by atoms with Crippen LogP contribution in [0.1, 0.15) is 24.7 Å². The molecule has 3 heteroatoms. The van der Waals surface area contributed by atoms with E-state index in [1.807, 2.05) is 25.1 Å². The Morgan fingerprint density at radius 2 is 1.63 bits per heavy atom. The molecule has 0 saturated heterocycles. The molecule has 2 aromatic carbocycles. The Morgan fingerprint density at radius 1 is 1.00 bits per heavy atom. The summed E-state index contributed by atoms with van der Waals surface area (Å²) in [7, 11) is 0. The number of carbonyl (C=O) groups excluding carboxylic acids is 1. The number of nitrogens with zero attached hydrogens (tertiary/aromatic N) is 1. The molecule has 0 atom stereocenters. The van der Waals surface area contributed by atoms with Crippen molar-refractivity contribution in [2.24, 2.45) is 0 Å². The van der Waals surface area contributed by atoms with Gasteiger partial charge in [0, 0.05) is 35.1 Å². The molecule has 0 amide bonds. The molecule has 0 aliphatic carbocycles. The molecule has 1 aromatic heterocycles. The van der Waals surface area contributed by atoms with Gasteiger partial charge in [0.15, 0.2) is 0 Å². The number of fused-ring (bicyclic) bond motifs is 1. The van der Waals surface area contributed by atoms with Crippen LogP contribution in [0.5, 0.6) is 0 Å². The number of esters is 1. The fraction of sp³-hybridized carbons (Fsp3) is 0.208. The van der Waals surface area contributed by atoms with Gasteiger partial charge in [0.2, 0.25) is 0 Å². The standard InChI is InChI=1S/C24H23NO2/c1-2-27-22(26)16-15-21-24(19-12-7-4-8-13-19)23(18-10-5-3-6-11-18)20-14-9-17-25(20)21/h3-8,10-13,15-16H,2,9,14,17H2,1H3. The van der Waals surface area contributed by atoms with Crippen molar-refractivity contribution in [2.75, 3.05) is 6.61 Å². The van der Waals surface area contributed by atoms with Gasteiger partial charge in [-0.25, -0.2) is 4.79 Å². The van der Waals surface area contributed by atoms with E-state index < -0.39 is 0 Å². The molecule has 0 bridgehead atoms. The fourth-order valence-electron chi connectivity index (χ4n) is 3.93. The van der Waals surface area contributed by atoms with Crippen LogP contribution < -0.4 is 0 Å². The molecule has 0 spiro atoms. The Balaban J connectivity index is 1.94. The molecule has 3 nitrogen and oxygen atoms in total. The van der Waals surface area contributed by atoms with Crippen molar-refractivity contribution >= 4 is 12.0 Å². The Morgan fingerprint density at radius 3 is 2.26 bits per heavy atom. The smallest absolute Gasteiger partial charge is 0.330 e. The van der Waals surface area contributed by atoms with E-state index in [4.69, 9.17) is 4.74 Å². The van der Waals surface area contributed by atoms with Crippen LogP contribution >= 0.6 is 0 Å². The zero-order valence-electron chi connectivity index (χ0n) is 15.5. The first-order valence-corrected chi connectivity index (χ1v) is 9.50. The highest BCUT2D eigenvalue weighted by Crippen LogP contribution is 2.43. The van der Waals surface area contributed by atoms with E-state index in [0.717, 1.165) is 25.1 Å². The lowest BCUT2D eigenvalue weighted by Gasteiger charge is -2.09. The number of benzene rings is 2. The van der Waals surface area contributed by atoms with Gasteiger partial charge in [-0.05, 0) is 37.0 Å². The van der Waals surface area contributed by atoms with E-state index in [1.165, 1.54) is 27.9 Å². The highest BCUT2D eigenvalue weighted by Gasteiger charge is 2.26. The van der Waals surface area contributed by atoms with Gasteiger partial charge in [0.25, 0.3) is 0 Å². The van der Waals surface area contributed by atoms with Crippen molar-refractivity contribution in [3.8, 4) is 22.3 Å². The summed E-state index contributed by atoms with van der Waals surface area (Å²) in [4.78, 5) is 11.9. The molecule has 0 saturated carbocycles. The van der Waals surface area contributed by atoms with E-state index in [1.54, 1.807) is 6.08 Å². The minimum absolute atomic E-state index is 0.300. The summed E-state index contributed by atoms with van der Waals surface area (Å²) in [6.45, 7) is 3.18. The molecule has 0 radical (unpaired) electrons. The van der Waals surface area contributed by atoms with Gasteiger partial charge in [0.1, 0.15) is 0 Å². The summed E-state index contributed by atoms with van der Waals surface area (Å²) in [5.41, 5.74) is 7.29. The molecule has 4 rings (SSSR count). The monoisotopic (exact) mass is 357 g/mol. The van der Waals surface area contributed by atoms with Crippen molar-refractivity contribution < 1.29 is 9.53 Å². The third-order valence-electron chi connectivity index (χ3n) is 5.00. The van der Waals surface area contributed by atoms with E-state index in [2.05, 4.69) is 53.1 Å². The molecule has 3 aromatic rings. The van der Waals surface area contributed by atoms with Crippen molar-refractivity contribution in [3.05, 3.63) is 78.1 Å². The maximum absolute atomic E-state index is 11.9. The number of aromatic nitrogens is 1. The van der Waals surface area contributed by atoms with Crippen LogP contribution in [-0.2, 0) is 22.5 Å². The molecule has 136 valence electrons. The molecule has 1 aliphatic rings. The van der Waals surface area contributed by atoms with Crippen LogP contribution in [0.15, 0.2) is 66.7 Å². The lowest BCUT2D eigenvalue weighted by Crippen LogP contribution is -2.00. The number of rotatable bonds is 5. The highest BCUT2D eigenvalue weighted by atomic mass is 16.5. The Bertz CT molecular complexity index is 969. The van der Waals surface area contributed by atoms with E-state index in [-0.39, 0.29) is 5.97 Å². The summed E-state index contributed by atoms with van der Waals surface area (Å²) in [5, 5.41) is 0. The highest BCUT2D eigenvalue weighted by molar-refractivity contribution is 5.94. The fourth-order valence-corrected chi connectivity index (χ4v) is 3.93. The van der Waals surface area contributed by atoms with Crippen LogP contribution in [0.3, 0.4) is 0 Å². The molecule has 0 unspecified atom stereocenters. The van der Waals surface area contributed by atoms with Crippen LogP contribution in [0.4, 0.5) is 0 Å². The van der Waals surface area contributed by atoms with Crippen molar-refractivity contribution in [1.29, 1.82) is 0 Å². The second kappa shape index (κ2) is 7.67. The predicted octanol–water partition coefficient (Wildman–Crippen LogP) is 5.34. The zero-order valence-corrected chi connectivity index (χ0v) is 15.5. The van der Waals surface area contributed by atoms with E-state index in [9.17, 15) is 4.79 Å². The van der Waals surface area contributed by atoms with Crippen molar-refractivity contribution in [3.63, 3.8) is 0 Å². The first-order chi connectivity index (χ1) is 13.3. The molecule has 0 N–H and O–H groups in total. The third kappa shape index (κ3) is 3.33. The molecular formula is C24H23NO2. The van der Waals surface area contributed by atoms with Gasteiger partial charge in [-0.1, -0.05) is 60.7 Å². The molecular weight excluding hydrogens is 334 g/mol. The second-order valence-corrected chi connectivity index (χ2v) is 6.65. The van der Waals surface area contributed by atoms with Crippen molar-refractivity contribution in [1.82, 2.24) is 4.57 Å². The average molecular weight is 357 g/mol. The lowest BCUT2D eigenvalue weighted by molar-refractivity contribution is -0.137. The summed E-state index contributed by atoms with van der Waals surface area (Å²) in [5.74, 6) is -0.300. The number of ether oxygens (including phenoxy) is 1. The lowest BCUT2D eigenvalue weighted by atomic mass is 9.93. The number of hydrogen-bond donors (Lipinski definition) is 0. The first kappa shape index (κ1) is 17.3. The molecule has 2 heterocycles. The largest absolute Gasteiger partial charge is 0.463 e. The topological polar surface area (TPSA) is 31.2 Å². The average Bonchev–Trinajstić information content (AvgIpc) is 3.28. The quantitative estimate of drug-likeness (QED) is 0.456. The van der Waals surface area contributed by atoms with Crippen molar-refractivity contribution in [2.45, 2.75) is 26.3 Å². The van der Waals surface area contributed by atoms with Gasteiger partial charge >= 0.3 is 5.97 Å². The SMILES string of the molecule is CCOC(=O)C=Cc1c(-c2ccccc2)c(-c2ccccc2)c2n1CCC2. The summed E-state index contributed by atoms with van der Waals surface area (Å²) < 4.78 is 7.45. The summed E-state index contributed by atoms with van der Waals surface area (Å²) in [6, 6.07) is 21.0. The second-order valence-electron chi connectivity index (χ2n) is 6.65. The zero-order chi connectivity index (χ0) is 18.6. The Kier molecular flexibility index (Phi) is 4.93. The van der Waals surface area contributed by atoms with Gasteiger partial charge in [-0.3, -0.25) is 0 Å². The van der Waals surface area contributed by atoms with Crippen LogP contribution in [0.2, 0.25) is 0 Å². The van der Waals surface area contributed by atoms with Crippen LogP contribution in [0.25, 0.3) is 28.3 Å². The minimum Gasteiger partial charge on any atom is -0.463 e. The summed E-state index contributed by atoms with van der Waals surface area (Å²) in [6.07, 6.45) is 5.65. The maximum atomic E-state index is 11.9. The van der Waals surface area contributed by atoms with Gasteiger partial charge in [-0.15, -0.1) is 0 Å². The Labute approximate surface area is 159 Å². The van der Waals surface area contributed by atoms with Gasteiger partial charge in [0.05, 0.1) is 6.61 Å². The maximum Gasteiger partial charge on any atom is 0.330 e. The number of hydrogen-bond acceptors (Lipinski definition) is 2. The third-order valence-corrected chi connectivity index (χ3v) is 5.00. The predicted molar refractivity (Wildman–Crippen MR) is 109 cm³/mol. The van der Waals surface area contributed by atoms with E-state index in [0.29, 0.717) is 6.61 Å². The van der Waals surface area contributed by atoms with Crippen LogP contribution in [0, 0.1) is 0 Å². The van der Waals surface area contributed by atoms with Gasteiger partial charge in [-0.2, -0.15) is 0 Å². The normalized spacial score (nSPS) is 13.1. The molecule has 1 aliphatic heterocycles. The van der Waals surface area contributed by atoms with Gasteiger partial charge < -0.3 is 9.30 Å². The molecule has 27 heavy (non-hydrogen) atoms. The first-order valence-electron chi connectivity index (χ1n) is 9.50. The molecule has 0 fully saturated rings. The minimum atomic E-state index is -0.300. The Hall–Kier alpha value is -3.07. The summed E-state index contributed by atoms with van der Waals surface area (Å²) >= 11 is 0. The van der Waals surface area contributed by atoms with E-state index >= 15 is 0 Å². The number of carbonyl (C=O) groups is 1. The van der Waals surface area contributed by atoms with Crippen LogP contribution in [-0.4, -0.2) is 17.1 Å².